The summed E-state index contributed by atoms with van der Waals surface area (Å²) < 4.78 is 2.17. The van der Waals surface area contributed by atoms with E-state index in [1.807, 2.05) is 56.3 Å². The summed E-state index contributed by atoms with van der Waals surface area (Å²) in [5, 5.41) is 0.356. The van der Waals surface area contributed by atoms with E-state index in [9.17, 15) is 9.59 Å². The largest absolute Gasteiger partial charge is 0.318 e. The molecule has 0 atom stereocenters. The Morgan fingerprint density at radius 3 is 2.20 bits per heavy atom. The van der Waals surface area contributed by atoms with Crippen molar-refractivity contribution >= 4 is 40.6 Å². The molecule has 4 aromatic rings. The van der Waals surface area contributed by atoms with Gasteiger partial charge in [0.05, 0.1) is 11.4 Å². The SMILES string of the molecule is Cc1cc(/C=C2\SC(=O)N(Cc3ccc(Cl)cc3)C2=O)c(C)n1-c1ccc(-c2ccccc2)cc1. The highest BCUT2D eigenvalue weighted by atomic mass is 35.5. The Labute approximate surface area is 213 Å². The van der Waals surface area contributed by atoms with Gasteiger partial charge in [0.25, 0.3) is 11.1 Å². The van der Waals surface area contributed by atoms with Gasteiger partial charge in [0.15, 0.2) is 0 Å². The van der Waals surface area contributed by atoms with Crippen molar-refractivity contribution in [2.45, 2.75) is 20.4 Å². The van der Waals surface area contributed by atoms with E-state index in [2.05, 4.69) is 41.0 Å². The zero-order valence-electron chi connectivity index (χ0n) is 19.4. The van der Waals surface area contributed by atoms with Crippen LogP contribution in [0.2, 0.25) is 5.02 Å². The number of carbonyl (C=O) groups is 2. The molecule has 5 rings (SSSR count). The molecule has 174 valence electrons. The molecule has 3 aromatic carbocycles. The maximum Gasteiger partial charge on any atom is 0.293 e. The van der Waals surface area contributed by atoms with Crippen LogP contribution in [0, 0.1) is 13.8 Å². The number of carbonyl (C=O) groups excluding carboxylic acids is 2. The fourth-order valence-corrected chi connectivity index (χ4v) is 5.27. The van der Waals surface area contributed by atoms with Crippen molar-refractivity contribution in [3.8, 4) is 16.8 Å². The van der Waals surface area contributed by atoms with Crippen LogP contribution >= 0.6 is 23.4 Å². The number of benzene rings is 3. The highest BCUT2D eigenvalue weighted by Crippen LogP contribution is 2.35. The number of hydrogen-bond donors (Lipinski definition) is 0. The standard InChI is InChI=1S/C29H23ClN2O2S/c1-19-16-24(17-27-28(33)31(29(34)35-27)18-21-8-12-25(30)13-9-21)20(2)32(19)26-14-10-23(11-15-26)22-6-4-3-5-7-22/h3-17H,18H2,1-2H3/b27-17-. The molecule has 0 bridgehead atoms. The topological polar surface area (TPSA) is 42.3 Å². The molecule has 4 nitrogen and oxygen atoms in total. The molecule has 0 saturated carbocycles. The van der Waals surface area contributed by atoms with E-state index >= 15 is 0 Å². The zero-order valence-corrected chi connectivity index (χ0v) is 20.9. The second-order valence-electron chi connectivity index (χ2n) is 8.47. The molecule has 1 saturated heterocycles. The average Bonchev–Trinajstić information content (AvgIpc) is 3.30. The van der Waals surface area contributed by atoms with Crippen LogP contribution in [0.1, 0.15) is 22.5 Å². The molecular weight excluding hydrogens is 476 g/mol. The Kier molecular flexibility index (Phi) is 6.37. The molecular formula is C29H23ClN2O2S. The Balaban J connectivity index is 1.40. The maximum atomic E-state index is 13.0. The molecule has 2 amide bonds. The van der Waals surface area contributed by atoms with Gasteiger partial charge in [-0.05, 0) is 84.3 Å². The molecule has 0 radical (unpaired) electrons. The van der Waals surface area contributed by atoms with Crippen molar-refractivity contribution in [2.24, 2.45) is 0 Å². The van der Waals surface area contributed by atoms with Gasteiger partial charge < -0.3 is 4.57 Å². The van der Waals surface area contributed by atoms with Gasteiger partial charge in [-0.15, -0.1) is 0 Å². The van der Waals surface area contributed by atoms with Crippen molar-refractivity contribution in [1.29, 1.82) is 0 Å². The fraction of sp³-hybridized carbons (Fsp3) is 0.103. The highest BCUT2D eigenvalue weighted by Gasteiger charge is 2.35. The highest BCUT2D eigenvalue weighted by molar-refractivity contribution is 8.18. The van der Waals surface area contributed by atoms with Crippen LogP contribution in [0.5, 0.6) is 0 Å². The Hall–Kier alpha value is -3.54. The Morgan fingerprint density at radius 2 is 1.51 bits per heavy atom. The molecule has 0 unspecified atom stereocenters. The Morgan fingerprint density at radius 1 is 0.857 bits per heavy atom. The van der Waals surface area contributed by atoms with Crippen LogP contribution in [0.25, 0.3) is 22.9 Å². The van der Waals surface area contributed by atoms with Crippen LogP contribution < -0.4 is 0 Å². The first-order chi connectivity index (χ1) is 16.9. The van der Waals surface area contributed by atoms with E-state index < -0.39 is 0 Å². The van der Waals surface area contributed by atoms with Gasteiger partial charge >= 0.3 is 0 Å². The number of aryl methyl sites for hydroxylation is 1. The van der Waals surface area contributed by atoms with E-state index in [-0.39, 0.29) is 17.7 Å². The predicted octanol–water partition coefficient (Wildman–Crippen LogP) is 7.65. The number of amides is 2. The van der Waals surface area contributed by atoms with Gasteiger partial charge in [-0.3, -0.25) is 14.5 Å². The second-order valence-corrected chi connectivity index (χ2v) is 9.90. The molecule has 1 aliphatic heterocycles. The lowest BCUT2D eigenvalue weighted by Crippen LogP contribution is -2.27. The third-order valence-corrected chi connectivity index (χ3v) is 7.28. The van der Waals surface area contributed by atoms with Gasteiger partial charge in [0.1, 0.15) is 0 Å². The summed E-state index contributed by atoms with van der Waals surface area (Å²) in [5.74, 6) is -0.271. The number of rotatable bonds is 5. The quantitative estimate of drug-likeness (QED) is 0.265. The third kappa shape index (κ3) is 4.70. The van der Waals surface area contributed by atoms with Crippen molar-refractivity contribution in [3.63, 3.8) is 0 Å². The summed E-state index contributed by atoms with van der Waals surface area (Å²) in [5.41, 5.74) is 7.24. The van der Waals surface area contributed by atoms with Gasteiger partial charge in [0.2, 0.25) is 0 Å². The zero-order chi connectivity index (χ0) is 24.5. The number of halogens is 1. The molecule has 1 aromatic heterocycles. The number of nitrogens with zero attached hydrogens (tertiary/aromatic N) is 2. The fourth-order valence-electron chi connectivity index (χ4n) is 4.31. The minimum absolute atomic E-state index is 0.228. The third-order valence-electron chi connectivity index (χ3n) is 6.12. The summed E-state index contributed by atoms with van der Waals surface area (Å²) in [4.78, 5) is 27.3. The van der Waals surface area contributed by atoms with Gasteiger partial charge in [-0.25, -0.2) is 0 Å². The van der Waals surface area contributed by atoms with Crippen LogP contribution in [-0.4, -0.2) is 20.6 Å². The molecule has 1 fully saturated rings. The monoisotopic (exact) mass is 498 g/mol. The number of imide groups is 1. The van der Waals surface area contributed by atoms with Gasteiger partial charge in [-0.1, -0.05) is 66.2 Å². The van der Waals surface area contributed by atoms with Crippen molar-refractivity contribution in [2.75, 3.05) is 0 Å². The summed E-state index contributed by atoms with van der Waals surface area (Å²) in [6, 6.07) is 27.9. The molecule has 0 N–H and O–H groups in total. The first-order valence-corrected chi connectivity index (χ1v) is 12.4. The summed E-state index contributed by atoms with van der Waals surface area (Å²) in [6.45, 7) is 4.30. The smallest absolute Gasteiger partial charge is 0.293 e. The molecule has 2 heterocycles. The van der Waals surface area contributed by atoms with E-state index in [4.69, 9.17) is 11.6 Å². The normalized spacial score (nSPS) is 14.8. The minimum Gasteiger partial charge on any atom is -0.318 e. The van der Waals surface area contributed by atoms with E-state index in [0.29, 0.717) is 9.93 Å². The lowest BCUT2D eigenvalue weighted by Gasteiger charge is -2.12. The summed E-state index contributed by atoms with van der Waals surface area (Å²) >= 11 is 6.93. The molecule has 0 aliphatic carbocycles. The van der Waals surface area contributed by atoms with Crippen LogP contribution in [-0.2, 0) is 11.3 Å². The van der Waals surface area contributed by atoms with Crippen LogP contribution in [0.4, 0.5) is 4.79 Å². The molecule has 1 aliphatic rings. The van der Waals surface area contributed by atoms with Gasteiger partial charge in [-0.2, -0.15) is 0 Å². The first kappa shape index (κ1) is 23.2. The van der Waals surface area contributed by atoms with E-state index in [0.717, 1.165) is 45.5 Å². The number of hydrogen-bond acceptors (Lipinski definition) is 3. The summed E-state index contributed by atoms with van der Waals surface area (Å²) in [7, 11) is 0. The van der Waals surface area contributed by atoms with E-state index in [1.54, 1.807) is 12.1 Å². The lowest BCUT2D eigenvalue weighted by molar-refractivity contribution is -0.123. The van der Waals surface area contributed by atoms with Gasteiger partial charge in [0, 0.05) is 22.1 Å². The molecule has 35 heavy (non-hydrogen) atoms. The van der Waals surface area contributed by atoms with Crippen molar-refractivity contribution in [1.82, 2.24) is 9.47 Å². The molecule has 6 heteroatoms. The van der Waals surface area contributed by atoms with Crippen LogP contribution in [0.3, 0.4) is 0 Å². The first-order valence-electron chi connectivity index (χ1n) is 11.3. The average molecular weight is 499 g/mol. The summed E-state index contributed by atoms with van der Waals surface area (Å²) in [6.07, 6.45) is 1.82. The lowest BCUT2D eigenvalue weighted by atomic mass is 10.1. The van der Waals surface area contributed by atoms with Crippen LogP contribution in [0.15, 0.2) is 89.8 Å². The number of thioether (sulfide) groups is 1. The Bertz CT molecular complexity index is 1440. The van der Waals surface area contributed by atoms with E-state index in [1.165, 1.54) is 10.5 Å². The second kappa shape index (κ2) is 9.61. The predicted molar refractivity (Wildman–Crippen MR) is 144 cm³/mol. The molecule has 0 spiro atoms. The minimum atomic E-state index is -0.271. The number of aromatic nitrogens is 1. The maximum absolute atomic E-state index is 13.0. The van der Waals surface area contributed by atoms with Crippen molar-refractivity contribution < 1.29 is 9.59 Å². The van der Waals surface area contributed by atoms with Crippen molar-refractivity contribution in [3.05, 3.63) is 117 Å².